The van der Waals surface area contributed by atoms with Gasteiger partial charge in [-0.2, -0.15) is 0 Å². The smallest absolute Gasteiger partial charge is 0.306 e. The van der Waals surface area contributed by atoms with Gasteiger partial charge in [0.05, 0.1) is 18.6 Å². The van der Waals surface area contributed by atoms with E-state index in [4.69, 9.17) is 5.11 Å². The van der Waals surface area contributed by atoms with E-state index in [2.05, 4.69) is 5.32 Å². The summed E-state index contributed by atoms with van der Waals surface area (Å²) in [5.41, 5.74) is 0. The number of hydrogen-bond acceptors (Lipinski definition) is 6. The number of aliphatic hydroxyl groups excluding tert-OH is 4. The van der Waals surface area contributed by atoms with Crippen LogP contribution in [0.15, 0.2) is 0 Å². The van der Waals surface area contributed by atoms with Crippen molar-refractivity contribution in [3.63, 3.8) is 0 Å². The summed E-state index contributed by atoms with van der Waals surface area (Å²) in [6.07, 6.45) is -6.26. The van der Waals surface area contributed by atoms with Crippen molar-refractivity contribution in [1.29, 1.82) is 0 Å². The molecule has 0 aliphatic carbocycles. The predicted octanol–water partition coefficient (Wildman–Crippen LogP) is -1.46. The van der Waals surface area contributed by atoms with Crippen LogP contribution in [-0.4, -0.2) is 69.0 Å². The number of nitrogens with one attached hydrogen (secondary N) is 1. The molecule has 0 amide bonds. The summed E-state index contributed by atoms with van der Waals surface area (Å²) >= 11 is 0. The van der Waals surface area contributed by atoms with Crippen molar-refractivity contribution < 1.29 is 30.3 Å². The monoisotopic (exact) mass is 279 g/mol. The van der Waals surface area contributed by atoms with Crippen molar-refractivity contribution in [1.82, 2.24) is 5.32 Å². The van der Waals surface area contributed by atoms with Gasteiger partial charge in [0, 0.05) is 6.04 Å². The first kappa shape index (κ1) is 18.3. The fourth-order valence-corrected chi connectivity index (χ4v) is 1.88. The molecule has 0 saturated heterocycles. The maximum Gasteiger partial charge on any atom is 0.306 e. The summed E-state index contributed by atoms with van der Waals surface area (Å²) < 4.78 is 0. The number of carboxylic acids is 1. The van der Waals surface area contributed by atoms with E-state index in [9.17, 15) is 25.2 Å². The van der Waals surface area contributed by atoms with Crippen LogP contribution in [0.25, 0.3) is 0 Å². The summed E-state index contributed by atoms with van der Waals surface area (Å²) in [5.74, 6) is -1.60. The summed E-state index contributed by atoms with van der Waals surface area (Å²) in [5, 5.41) is 50.1. The molecule has 6 N–H and O–H groups in total. The first-order valence-electron chi connectivity index (χ1n) is 6.32. The first-order valence-corrected chi connectivity index (χ1v) is 6.32. The Morgan fingerprint density at radius 3 is 2.00 bits per heavy atom. The standard InChI is InChI=1S/C12H25NO6/c1-6(4-7(2)13-3)10(17)12(19)11(18)8(14)5-9(15)16/h6-8,10-14,17-19H,4-5H2,1-3H3,(H,15,16)/t6?,7?,8-,10-,11-,12+/m0/s1. The Morgan fingerprint density at radius 2 is 1.58 bits per heavy atom. The summed E-state index contributed by atoms with van der Waals surface area (Å²) in [6.45, 7) is 3.61. The van der Waals surface area contributed by atoms with Crippen LogP contribution in [-0.2, 0) is 4.79 Å². The summed E-state index contributed by atoms with van der Waals surface area (Å²) in [7, 11) is 1.77. The first-order chi connectivity index (χ1) is 8.70. The van der Waals surface area contributed by atoms with Gasteiger partial charge in [-0.1, -0.05) is 6.92 Å². The Bertz CT molecular complexity index is 275. The minimum absolute atomic E-state index is 0.123. The van der Waals surface area contributed by atoms with Crippen molar-refractivity contribution in [2.75, 3.05) is 7.05 Å². The number of aliphatic hydroxyl groups is 4. The zero-order chi connectivity index (χ0) is 15.2. The van der Waals surface area contributed by atoms with E-state index >= 15 is 0 Å². The average molecular weight is 279 g/mol. The molecule has 0 radical (unpaired) electrons. The second kappa shape index (κ2) is 8.44. The molecule has 6 atom stereocenters. The number of aliphatic carboxylic acids is 1. The van der Waals surface area contributed by atoms with Crippen LogP contribution in [0.1, 0.15) is 26.7 Å². The second-order valence-corrected chi connectivity index (χ2v) is 5.04. The lowest BCUT2D eigenvalue weighted by molar-refractivity contribution is -0.147. The van der Waals surface area contributed by atoms with Gasteiger partial charge < -0.3 is 30.8 Å². The minimum Gasteiger partial charge on any atom is -0.481 e. The van der Waals surface area contributed by atoms with Crippen LogP contribution >= 0.6 is 0 Å². The molecule has 0 heterocycles. The molecular weight excluding hydrogens is 254 g/mol. The molecule has 0 rings (SSSR count). The molecule has 0 aromatic heterocycles. The SMILES string of the molecule is CNC(C)CC(C)[C@H](O)[C@@H](O)[C@@H](O)[C@@H](O)CC(=O)O. The van der Waals surface area contributed by atoms with Gasteiger partial charge in [0.2, 0.25) is 0 Å². The Balaban J connectivity index is 4.44. The minimum atomic E-state index is -1.70. The Labute approximate surface area is 112 Å². The van der Waals surface area contributed by atoms with Crippen LogP contribution in [0.4, 0.5) is 0 Å². The van der Waals surface area contributed by atoms with Crippen molar-refractivity contribution in [2.45, 2.75) is 57.1 Å². The van der Waals surface area contributed by atoms with Gasteiger partial charge in [-0.15, -0.1) is 0 Å². The van der Waals surface area contributed by atoms with E-state index < -0.39 is 36.8 Å². The largest absolute Gasteiger partial charge is 0.481 e. The number of carboxylic acid groups (broad SMARTS) is 1. The lowest BCUT2D eigenvalue weighted by Crippen LogP contribution is -2.48. The molecule has 0 fully saturated rings. The van der Waals surface area contributed by atoms with Crippen molar-refractivity contribution in [2.24, 2.45) is 5.92 Å². The van der Waals surface area contributed by atoms with E-state index in [1.165, 1.54) is 0 Å². The van der Waals surface area contributed by atoms with E-state index in [1.54, 1.807) is 14.0 Å². The fourth-order valence-electron chi connectivity index (χ4n) is 1.88. The third kappa shape index (κ3) is 6.31. The maximum atomic E-state index is 10.4. The molecule has 19 heavy (non-hydrogen) atoms. The number of rotatable bonds is 9. The highest BCUT2D eigenvalue weighted by atomic mass is 16.4. The Kier molecular flexibility index (Phi) is 8.12. The van der Waals surface area contributed by atoms with Gasteiger partial charge in [-0.05, 0) is 26.3 Å². The lowest BCUT2D eigenvalue weighted by atomic mass is 9.89. The quantitative estimate of drug-likeness (QED) is 0.304. The molecule has 0 aromatic carbocycles. The lowest BCUT2D eigenvalue weighted by Gasteiger charge is -2.30. The molecule has 114 valence electrons. The highest BCUT2D eigenvalue weighted by Crippen LogP contribution is 2.18. The predicted molar refractivity (Wildman–Crippen MR) is 68.6 cm³/mol. The number of carbonyl (C=O) groups is 1. The summed E-state index contributed by atoms with van der Waals surface area (Å²) in [6, 6.07) is 0.123. The van der Waals surface area contributed by atoms with Crippen LogP contribution < -0.4 is 5.32 Å². The van der Waals surface area contributed by atoms with Gasteiger partial charge in [-0.25, -0.2) is 0 Å². The molecule has 2 unspecified atom stereocenters. The van der Waals surface area contributed by atoms with Crippen molar-refractivity contribution in [3.05, 3.63) is 0 Å². The maximum absolute atomic E-state index is 10.4. The summed E-state index contributed by atoms with van der Waals surface area (Å²) in [4.78, 5) is 10.4. The Morgan fingerprint density at radius 1 is 1.05 bits per heavy atom. The van der Waals surface area contributed by atoms with Crippen LogP contribution in [0.5, 0.6) is 0 Å². The Hall–Kier alpha value is -0.730. The van der Waals surface area contributed by atoms with E-state index in [0.29, 0.717) is 6.42 Å². The zero-order valence-electron chi connectivity index (χ0n) is 11.5. The second-order valence-electron chi connectivity index (χ2n) is 5.04. The molecule has 7 nitrogen and oxygen atoms in total. The van der Waals surface area contributed by atoms with Gasteiger partial charge in [-0.3, -0.25) is 4.79 Å². The topological polar surface area (TPSA) is 130 Å². The van der Waals surface area contributed by atoms with Crippen molar-refractivity contribution >= 4 is 5.97 Å². The van der Waals surface area contributed by atoms with E-state index in [1.807, 2.05) is 6.92 Å². The highest BCUT2D eigenvalue weighted by molar-refractivity contribution is 5.67. The third-order valence-electron chi connectivity index (χ3n) is 3.28. The molecule has 0 aliphatic heterocycles. The van der Waals surface area contributed by atoms with Gasteiger partial charge in [0.1, 0.15) is 12.2 Å². The molecule has 0 bridgehead atoms. The molecular formula is C12H25NO6. The van der Waals surface area contributed by atoms with E-state index in [-0.39, 0.29) is 12.0 Å². The molecule has 0 aromatic rings. The van der Waals surface area contributed by atoms with Crippen molar-refractivity contribution in [3.8, 4) is 0 Å². The highest BCUT2D eigenvalue weighted by Gasteiger charge is 2.34. The fraction of sp³-hybridized carbons (Fsp3) is 0.917. The zero-order valence-corrected chi connectivity index (χ0v) is 11.5. The third-order valence-corrected chi connectivity index (χ3v) is 3.28. The van der Waals surface area contributed by atoms with E-state index in [0.717, 1.165) is 0 Å². The molecule has 0 saturated carbocycles. The van der Waals surface area contributed by atoms with Gasteiger partial charge in [0.15, 0.2) is 0 Å². The average Bonchev–Trinajstić information content (AvgIpc) is 2.34. The van der Waals surface area contributed by atoms with Crippen LogP contribution in [0.2, 0.25) is 0 Å². The van der Waals surface area contributed by atoms with Gasteiger partial charge >= 0.3 is 5.97 Å². The van der Waals surface area contributed by atoms with Gasteiger partial charge in [0.25, 0.3) is 0 Å². The molecule has 0 aliphatic rings. The van der Waals surface area contributed by atoms with Crippen LogP contribution in [0.3, 0.4) is 0 Å². The van der Waals surface area contributed by atoms with Crippen LogP contribution in [0, 0.1) is 5.92 Å². The number of hydrogen-bond donors (Lipinski definition) is 6. The molecule has 0 spiro atoms. The molecule has 7 heteroatoms. The normalized spacial score (nSPS) is 21.2.